The third-order valence-corrected chi connectivity index (χ3v) is 3.91. The van der Waals surface area contributed by atoms with Gasteiger partial charge in [-0.2, -0.15) is 0 Å². The molecule has 0 atom stereocenters. The molecule has 2 aromatic rings. The molecule has 0 fully saturated rings. The highest BCUT2D eigenvalue weighted by atomic mass is 32.2. The van der Waals surface area contributed by atoms with Crippen LogP contribution in [-0.4, -0.2) is 22.1 Å². The highest BCUT2D eigenvalue weighted by molar-refractivity contribution is 7.98. The number of benzene rings is 2. The Labute approximate surface area is 140 Å². The van der Waals surface area contributed by atoms with E-state index in [1.165, 1.54) is 54.2 Å². The van der Waals surface area contributed by atoms with Gasteiger partial charge in [-0.1, -0.05) is 0 Å². The van der Waals surface area contributed by atoms with Gasteiger partial charge in [-0.3, -0.25) is 20.2 Å². The van der Waals surface area contributed by atoms with Gasteiger partial charge >= 0.3 is 5.97 Å². The molecule has 0 saturated heterocycles. The fourth-order valence-corrected chi connectivity index (χ4v) is 2.45. The van der Waals surface area contributed by atoms with E-state index in [0.717, 1.165) is 0 Å². The second-order valence-electron chi connectivity index (χ2n) is 4.64. The largest absolute Gasteiger partial charge is 0.457 e. The van der Waals surface area contributed by atoms with Gasteiger partial charge in [0.05, 0.1) is 20.3 Å². The minimum absolute atomic E-state index is 0.0617. The quantitative estimate of drug-likeness (QED) is 0.339. The molecule has 0 heterocycles. The normalized spacial score (nSPS) is 10.2. The van der Waals surface area contributed by atoms with E-state index >= 15 is 0 Å². The third-order valence-electron chi connectivity index (χ3n) is 3.13. The monoisotopic (exact) mass is 348 g/mol. The van der Waals surface area contributed by atoms with Crippen molar-refractivity contribution in [1.82, 2.24) is 0 Å². The molecule has 0 N–H and O–H groups in total. The summed E-state index contributed by atoms with van der Waals surface area (Å²) in [5.41, 5.74) is 0.422. The van der Waals surface area contributed by atoms with Crippen molar-refractivity contribution in [1.29, 1.82) is 0 Å². The Bertz CT molecular complexity index is 791. The predicted molar refractivity (Wildman–Crippen MR) is 87.1 cm³/mol. The number of carbonyl (C=O) groups excluding carboxylic acids is 1. The molecule has 0 spiro atoms. The summed E-state index contributed by atoms with van der Waals surface area (Å²) in [6, 6.07) is 9.68. The Hall–Kier alpha value is -2.94. The number of nitro groups is 2. The minimum Gasteiger partial charge on any atom is -0.457 e. The number of nitrogens with zero attached hydrogens (tertiary/aromatic N) is 2. The van der Waals surface area contributed by atoms with Crippen LogP contribution in [0.4, 0.5) is 11.4 Å². The van der Waals surface area contributed by atoms with Crippen LogP contribution < -0.4 is 0 Å². The van der Waals surface area contributed by atoms with Gasteiger partial charge in [-0.15, -0.1) is 11.8 Å². The average molecular weight is 348 g/mol. The van der Waals surface area contributed by atoms with Gasteiger partial charge in [-0.25, -0.2) is 4.79 Å². The fourth-order valence-electron chi connectivity index (χ4n) is 1.91. The summed E-state index contributed by atoms with van der Waals surface area (Å²) >= 11 is 1.21. The number of non-ortho nitro benzene ring substituents is 1. The van der Waals surface area contributed by atoms with Gasteiger partial charge in [0.2, 0.25) is 0 Å². The Morgan fingerprint density at radius 1 is 1.08 bits per heavy atom. The number of hydrogen-bond donors (Lipinski definition) is 0. The predicted octanol–water partition coefficient (Wildman–Crippen LogP) is 3.58. The van der Waals surface area contributed by atoms with Gasteiger partial charge in [-0.05, 0) is 36.1 Å². The molecule has 0 aliphatic heterocycles. The van der Waals surface area contributed by atoms with Gasteiger partial charge in [0.25, 0.3) is 11.4 Å². The lowest BCUT2D eigenvalue weighted by molar-refractivity contribution is -0.387. The summed E-state index contributed by atoms with van der Waals surface area (Å²) in [6.07, 6.45) is 1.70. The Morgan fingerprint density at radius 2 is 1.75 bits per heavy atom. The average Bonchev–Trinajstić information content (AvgIpc) is 2.59. The zero-order valence-corrected chi connectivity index (χ0v) is 13.3. The summed E-state index contributed by atoms with van der Waals surface area (Å²) in [6.45, 7) is -0.0884. The van der Waals surface area contributed by atoms with Crippen LogP contribution >= 0.6 is 11.8 Å². The molecule has 0 aliphatic rings. The smallest absolute Gasteiger partial charge is 0.338 e. The van der Waals surface area contributed by atoms with Crippen LogP contribution in [0.3, 0.4) is 0 Å². The highest BCUT2D eigenvalue weighted by Gasteiger charge is 2.18. The molecule has 0 saturated carbocycles. The van der Waals surface area contributed by atoms with Crippen LogP contribution in [0.2, 0.25) is 0 Å². The standard InChI is InChI=1S/C15H12N2O6S/c1-24-14-7-4-11(8-13(14)17(21)22)15(18)23-9-10-2-5-12(6-3-10)16(19)20/h2-8H,9H2,1H3. The van der Waals surface area contributed by atoms with E-state index in [4.69, 9.17) is 4.74 Å². The van der Waals surface area contributed by atoms with Gasteiger partial charge in [0.15, 0.2) is 0 Å². The molecule has 24 heavy (non-hydrogen) atoms. The molecule has 8 nitrogen and oxygen atoms in total. The van der Waals surface area contributed by atoms with E-state index in [9.17, 15) is 25.0 Å². The summed E-state index contributed by atoms with van der Waals surface area (Å²) in [5.74, 6) is -0.705. The van der Waals surface area contributed by atoms with Crippen LogP contribution in [0.25, 0.3) is 0 Å². The molecule has 2 aromatic carbocycles. The van der Waals surface area contributed by atoms with Gasteiger partial charge < -0.3 is 4.74 Å². The Balaban J connectivity index is 2.08. The van der Waals surface area contributed by atoms with Crippen molar-refractivity contribution in [2.24, 2.45) is 0 Å². The maximum atomic E-state index is 12.0. The van der Waals surface area contributed by atoms with Crippen molar-refractivity contribution in [3.63, 3.8) is 0 Å². The third kappa shape index (κ3) is 4.07. The molecule has 0 aromatic heterocycles. The number of esters is 1. The first-order chi connectivity index (χ1) is 11.4. The molecule has 0 bridgehead atoms. The maximum Gasteiger partial charge on any atom is 0.338 e. The van der Waals surface area contributed by atoms with Crippen molar-refractivity contribution in [2.45, 2.75) is 11.5 Å². The van der Waals surface area contributed by atoms with E-state index in [2.05, 4.69) is 0 Å². The molecular formula is C15H12N2O6S. The molecule has 0 amide bonds. The van der Waals surface area contributed by atoms with E-state index in [1.54, 1.807) is 6.26 Å². The molecule has 2 rings (SSSR count). The summed E-state index contributed by atoms with van der Waals surface area (Å²) in [4.78, 5) is 32.9. The molecule has 0 unspecified atom stereocenters. The number of thioether (sulfide) groups is 1. The minimum atomic E-state index is -0.705. The maximum absolute atomic E-state index is 12.0. The Morgan fingerprint density at radius 3 is 2.29 bits per heavy atom. The zero-order chi connectivity index (χ0) is 17.7. The van der Waals surface area contributed by atoms with Crippen LogP contribution in [0.1, 0.15) is 15.9 Å². The first-order valence-corrected chi connectivity index (χ1v) is 7.87. The van der Waals surface area contributed by atoms with E-state index < -0.39 is 15.8 Å². The van der Waals surface area contributed by atoms with Crippen LogP contribution in [0, 0.1) is 20.2 Å². The second-order valence-corrected chi connectivity index (χ2v) is 5.49. The topological polar surface area (TPSA) is 113 Å². The summed E-state index contributed by atoms with van der Waals surface area (Å²) in [7, 11) is 0. The fraction of sp³-hybridized carbons (Fsp3) is 0.133. The SMILES string of the molecule is CSc1ccc(C(=O)OCc2ccc([N+](=O)[O-])cc2)cc1[N+](=O)[O-]. The second kappa shape index (κ2) is 7.55. The lowest BCUT2D eigenvalue weighted by atomic mass is 10.2. The number of ether oxygens (including phenoxy) is 1. The van der Waals surface area contributed by atoms with Gasteiger partial charge in [0, 0.05) is 18.2 Å². The number of hydrogen-bond acceptors (Lipinski definition) is 7. The molecule has 124 valence electrons. The number of rotatable bonds is 6. The van der Waals surface area contributed by atoms with Gasteiger partial charge in [0.1, 0.15) is 6.61 Å². The first-order valence-electron chi connectivity index (χ1n) is 6.65. The van der Waals surface area contributed by atoms with E-state index in [1.807, 2.05) is 0 Å². The van der Waals surface area contributed by atoms with Crippen LogP contribution in [0.5, 0.6) is 0 Å². The molecular weight excluding hydrogens is 336 g/mol. The lowest BCUT2D eigenvalue weighted by Gasteiger charge is -2.06. The molecule has 0 aliphatic carbocycles. The van der Waals surface area contributed by atoms with Crippen LogP contribution in [-0.2, 0) is 11.3 Å². The number of carbonyl (C=O) groups is 1. The van der Waals surface area contributed by atoms with Crippen molar-refractivity contribution in [3.05, 3.63) is 73.8 Å². The summed E-state index contributed by atoms with van der Waals surface area (Å²) in [5, 5.41) is 21.6. The van der Waals surface area contributed by atoms with Crippen molar-refractivity contribution in [3.8, 4) is 0 Å². The van der Waals surface area contributed by atoms with Crippen molar-refractivity contribution < 1.29 is 19.4 Å². The lowest BCUT2D eigenvalue weighted by Crippen LogP contribution is -2.06. The molecule has 0 radical (unpaired) electrons. The first kappa shape index (κ1) is 17.4. The Kier molecular flexibility index (Phi) is 5.48. The van der Waals surface area contributed by atoms with Crippen LogP contribution in [0.15, 0.2) is 47.4 Å². The van der Waals surface area contributed by atoms with E-state index in [-0.39, 0.29) is 23.5 Å². The van der Waals surface area contributed by atoms with Crippen molar-refractivity contribution in [2.75, 3.05) is 6.26 Å². The zero-order valence-electron chi connectivity index (χ0n) is 12.5. The van der Waals surface area contributed by atoms with E-state index in [0.29, 0.717) is 10.5 Å². The molecule has 9 heteroatoms. The van der Waals surface area contributed by atoms with Crippen molar-refractivity contribution >= 4 is 29.1 Å². The highest BCUT2D eigenvalue weighted by Crippen LogP contribution is 2.28. The number of nitro benzene ring substituents is 2. The summed E-state index contributed by atoms with van der Waals surface area (Å²) < 4.78 is 5.08.